The van der Waals surface area contributed by atoms with Gasteiger partial charge in [0.05, 0.1) is 19.8 Å². The predicted molar refractivity (Wildman–Crippen MR) is 127 cm³/mol. The third-order valence-corrected chi connectivity index (χ3v) is 6.22. The molecule has 2 aliphatic rings. The summed E-state index contributed by atoms with van der Waals surface area (Å²) in [5.74, 6) is 3.49. The number of ether oxygens (including phenoxy) is 2. The lowest BCUT2D eigenvalue weighted by atomic mass is 9.95. The quantitative estimate of drug-likeness (QED) is 0.191. The SMILES string of the molecule is CCNC(=NCC1(N2CCSCC2)CCCC1)NCCCOCCOC.I. The second-order valence-corrected chi connectivity index (χ2v) is 8.34. The Hall–Kier alpha value is 0.230. The van der Waals surface area contributed by atoms with Crippen LogP contribution in [0, 0.1) is 0 Å². The number of guanidine groups is 1. The average Bonchev–Trinajstić information content (AvgIpc) is 3.16. The van der Waals surface area contributed by atoms with Gasteiger partial charge in [0, 0.05) is 56.9 Å². The summed E-state index contributed by atoms with van der Waals surface area (Å²) in [5, 5.41) is 6.85. The highest BCUT2D eigenvalue weighted by Crippen LogP contribution is 2.37. The van der Waals surface area contributed by atoms with Gasteiger partial charge in [-0.25, -0.2) is 0 Å². The van der Waals surface area contributed by atoms with E-state index < -0.39 is 0 Å². The molecule has 1 aliphatic carbocycles. The van der Waals surface area contributed by atoms with Crippen molar-refractivity contribution in [3.05, 3.63) is 0 Å². The van der Waals surface area contributed by atoms with Crippen LogP contribution in [0.2, 0.25) is 0 Å². The number of nitrogens with zero attached hydrogens (tertiary/aromatic N) is 2. The van der Waals surface area contributed by atoms with Crippen molar-refractivity contribution in [2.24, 2.45) is 4.99 Å². The first kappa shape index (κ1) is 25.3. The fraction of sp³-hybridized carbons (Fsp3) is 0.947. The van der Waals surface area contributed by atoms with Crippen LogP contribution in [-0.2, 0) is 9.47 Å². The second kappa shape index (κ2) is 15.1. The first-order valence-electron chi connectivity index (χ1n) is 10.2. The summed E-state index contributed by atoms with van der Waals surface area (Å²) in [4.78, 5) is 7.70. The van der Waals surface area contributed by atoms with E-state index in [0.29, 0.717) is 18.8 Å². The van der Waals surface area contributed by atoms with Crippen LogP contribution < -0.4 is 10.6 Å². The molecule has 0 bridgehead atoms. The van der Waals surface area contributed by atoms with E-state index in [2.05, 4.69) is 34.2 Å². The molecule has 2 rings (SSSR count). The predicted octanol–water partition coefficient (Wildman–Crippen LogP) is 2.57. The van der Waals surface area contributed by atoms with Crippen molar-refractivity contribution in [3.8, 4) is 0 Å². The molecule has 0 aromatic heterocycles. The zero-order valence-electron chi connectivity index (χ0n) is 17.1. The third-order valence-electron chi connectivity index (χ3n) is 5.28. The Balaban J connectivity index is 0.00000364. The molecule has 6 nitrogen and oxygen atoms in total. The highest BCUT2D eigenvalue weighted by molar-refractivity contribution is 14.0. The average molecular weight is 515 g/mol. The Morgan fingerprint density at radius 3 is 2.52 bits per heavy atom. The lowest BCUT2D eigenvalue weighted by Gasteiger charge is -2.42. The first-order valence-corrected chi connectivity index (χ1v) is 11.4. The van der Waals surface area contributed by atoms with Crippen molar-refractivity contribution in [1.29, 1.82) is 0 Å². The van der Waals surface area contributed by atoms with Gasteiger partial charge in [-0.2, -0.15) is 11.8 Å². The van der Waals surface area contributed by atoms with Crippen molar-refractivity contribution < 1.29 is 9.47 Å². The Labute approximate surface area is 187 Å². The summed E-state index contributed by atoms with van der Waals surface area (Å²) in [6.45, 7) is 9.35. The molecular weight excluding hydrogens is 475 g/mol. The zero-order valence-corrected chi connectivity index (χ0v) is 20.3. The Kier molecular flexibility index (Phi) is 14.2. The van der Waals surface area contributed by atoms with Crippen LogP contribution in [0.4, 0.5) is 0 Å². The molecule has 1 saturated carbocycles. The van der Waals surface area contributed by atoms with E-state index in [1.807, 2.05) is 0 Å². The molecule has 0 aromatic rings. The highest BCUT2D eigenvalue weighted by Gasteiger charge is 2.39. The molecule has 27 heavy (non-hydrogen) atoms. The Morgan fingerprint density at radius 2 is 1.85 bits per heavy atom. The molecule has 0 spiro atoms. The van der Waals surface area contributed by atoms with Gasteiger partial charge in [0.2, 0.25) is 0 Å². The molecule has 1 aliphatic heterocycles. The van der Waals surface area contributed by atoms with Gasteiger partial charge in [-0.05, 0) is 26.2 Å². The number of rotatable bonds is 11. The van der Waals surface area contributed by atoms with Crippen LogP contribution in [0.15, 0.2) is 4.99 Å². The summed E-state index contributed by atoms with van der Waals surface area (Å²) in [6.07, 6.45) is 6.27. The van der Waals surface area contributed by atoms with Crippen molar-refractivity contribution in [1.82, 2.24) is 15.5 Å². The van der Waals surface area contributed by atoms with E-state index in [9.17, 15) is 0 Å². The molecule has 0 atom stereocenters. The summed E-state index contributed by atoms with van der Waals surface area (Å²) in [7, 11) is 1.70. The van der Waals surface area contributed by atoms with Crippen molar-refractivity contribution in [2.45, 2.75) is 44.6 Å². The Bertz CT molecular complexity index is 403. The molecular formula is C19H39IN4O2S. The third kappa shape index (κ3) is 9.06. The van der Waals surface area contributed by atoms with Crippen LogP contribution in [-0.4, -0.2) is 87.6 Å². The van der Waals surface area contributed by atoms with Crippen molar-refractivity contribution >= 4 is 41.7 Å². The number of hydrogen-bond donors (Lipinski definition) is 2. The summed E-state index contributed by atoms with van der Waals surface area (Å²) in [6, 6.07) is 0. The van der Waals surface area contributed by atoms with Crippen LogP contribution in [0.1, 0.15) is 39.0 Å². The molecule has 2 N–H and O–H groups in total. The molecule has 0 amide bonds. The van der Waals surface area contributed by atoms with Gasteiger partial charge in [-0.15, -0.1) is 24.0 Å². The van der Waals surface area contributed by atoms with Crippen molar-refractivity contribution in [3.63, 3.8) is 0 Å². The largest absolute Gasteiger partial charge is 0.382 e. The Morgan fingerprint density at radius 1 is 1.11 bits per heavy atom. The number of halogens is 1. The molecule has 8 heteroatoms. The van der Waals surface area contributed by atoms with Crippen molar-refractivity contribution in [2.75, 3.05) is 71.2 Å². The molecule has 2 fully saturated rings. The maximum absolute atomic E-state index is 5.52. The number of hydrogen-bond acceptors (Lipinski definition) is 5. The van der Waals surface area contributed by atoms with E-state index in [0.717, 1.165) is 38.6 Å². The van der Waals surface area contributed by atoms with E-state index in [1.165, 1.54) is 50.3 Å². The van der Waals surface area contributed by atoms with Crippen LogP contribution >= 0.6 is 35.7 Å². The van der Waals surface area contributed by atoms with Gasteiger partial charge >= 0.3 is 0 Å². The maximum atomic E-state index is 5.52. The minimum Gasteiger partial charge on any atom is -0.382 e. The van der Waals surface area contributed by atoms with E-state index in [1.54, 1.807) is 7.11 Å². The molecule has 1 saturated heterocycles. The van der Waals surface area contributed by atoms with Gasteiger partial charge in [-0.1, -0.05) is 12.8 Å². The number of nitrogens with one attached hydrogen (secondary N) is 2. The maximum Gasteiger partial charge on any atom is 0.191 e. The number of aliphatic imine (C=N–C) groups is 1. The van der Waals surface area contributed by atoms with Gasteiger partial charge in [0.25, 0.3) is 0 Å². The van der Waals surface area contributed by atoms with Crippen LogP contribution in [0.25, 0.3) is 0 Å². The summed E-state index contributed by atoms with van der Waals surface area (Å²) >= 11 is 2.09. The second-order valence-electron chi connectivity index (χ2n) is 7.11. The fourth-order valence-corrected chi connectivity index (χ4v) is 4.74. The zero-order chi connectivity index (χ0) is 18.5. The van der Waals surface area contributed by atoms with Crippen LogP contribution in [0.3, 0.4) is 0 Å². The molecule has 0 aromatic carbocycles. The fourth-order valence-electron chi connectivity index (χ4n) is 3.84. The molecule has 1 heterocycles. The standard InChI is InChI=1S/C19H38N4O2S.HI/c1-3-20-18(21-9-6-12-25-14-13-24-2)22-17-19(7-4-5-8-19)23-10-15-26-16-11-23;/h3-17H2,1-2H3,(H2,20,21,22);1H. The number of methoxy groups -OCH3 is 1. The lowest BCUT2D eigenvalue weighted by Crippen LogP contribution is -2.53. The normalized spacial score (nSPS) is 20.3. The van der Waals surface area contributed by atoms with E-state index >= 15 is 0 Å². The van der Waals surface area contributed by atoms with Gasteiger partial charge in [-0.3, -0.25) is 9.89 Å². The van der Waals surface area contributed by atoms with E-state index in [-0.39, 0.29) is 24.0 Å². The monoisotopic (exact) mass is 514 g/mol. The number of thioether (sulfide) groups is 1. The molecule has 0 unspecified atom stereocenters. The highest BCUT2D eigenvalue weighted by atomic mass is 127. The molecule has 160 valence electrons. The first-order chi connectivity index (χ1) is 12.8. The minimum absolute atomic E-state index is 0. The molecule has 0 radical (unpaired) electrons. The summed E-state index contributed by atoms with van der Waals surface area (Å²) < 4.78 is 10.5. The van der Waals surface area contributed by atoms with Gasteiger partial charge in [0.15, 0.2) is 5.96 Å². The van der Waals surface area contributed by atoms with Crippen LogP contribution in [0.5, 0.6) is 0 Å². The van der Waals surface area contributed by atoms with E-state index in [4.69, 9.17) is 14.5 Å². The van der Waals surface area contributed by atoms with Gasteiger partial charge < -0.3 is 20.1 Å². The lowest BCUT2D eigenvalue weighted by molar-refractivity contribution is 0.0698. The summed E-state index contributed by atoms with van der Waals surface area (Å²) in [5.41, 5.74) is 0.298. The van der Waals surface area contributed by atoms with Gasteiger partial charge in [0.1, 0.15) is 0 Å². The topological polar surface area (TPSA) is 58.1 Å². The minimum atomic E-state index is 0. The smallest absolute Gasteiger partial charge is 0.191 e.